The largest absolute Gasteiger partial charge is 0.476 e. The van der Waals surface area contributed by atoms with E-state index in [0.717, 1.165) is 23.0 Å². The van der Waals surface area contributed by atoms with Gasteiger partial charge in [-0.25, -0.2) is 18.4 Å². The molecule has 1 atom stereocenters. The summed E-state index contributed by atoms with van der Waals surface area (Å²) in [4.78, 5) is 20.7. The third-order valence-electron chi connectivity index (χ3n) is 5.07. The smallest absolute Gasteiger partial charge is 0.240 e. The monoisotopic (exact) mass is 414 g/mol. The molecule has 2 aromatic heterocycles. The highest BCUT2D eigenvalue weighted by Gasteiger charge is 2.21. The van der Waals surface area contributed by atoms with E-state index >= 15 is 0 Å². The Bertz CT molecular complexity index is 1170. The number of aryl methyl sites for hydroxylation is 1. The molecule has 9 heteroatoms. The van der Waals surface area contributed by atoms with Gasteiger partial charge in [0.15, 0.2) is 9.84 Å². The van der Waals surface area contributed by atoms with Crippen LogP contribution < -0.4 is 10.1 Å². The Balaban J connectivity index is 1.61. The molecule has 3 heterocycles. The number of carbonyl (C=O) groups excluding carboxylic acids is 1. The van der Waals surface area contributed by atoms with Gasteiger partial charge in [0.1, 0.15) is 5.52 Å². The SMILES string of the molecule is Cn1cnc2cc(-c3ccc(S(C)(=O)=O)cc3)nc(OCC[C@H]3CNC(=O)C3)c21. The van der Waals surface area contributed by atoms with Crippen LogP contribution in [0.3, 0.4) is 0 Å². The zero-order valence-corrected chi connectivity index (χ0v) is 17.1. The zero-order valence-electron chi connectivity index (χ0n) is 16.3. The van der Waals surface area contributed by atoms with Crippen molar-refractivity contribution < 1.29 is 17.9 Å². The molecule has 29 heavy (non-hydrogen) atoms. The molecule has 1 fully saturated rings. The molecule has 0 aliphatic carbocycles. The fourth-order valence-electron chi connectivity index (χ4n) is 3.45. The third kappa shape index (κ3) is 4.09. The van der Waals surface area contributed by atoms with Gasteiger partial charge in [-0.3, -0.25) is 4.79 Å². The minimum absolute atomic E-state index is 0.0849. The highest BCUT2D eigenvalue weighted by molar-refractivity contribution is 7.90. The van der Waals surface area contributed by atoms with E-state index < -0.39 is 9.84 Å². The highest BCUT2D eigenvalue weighted by atomic mass is 32.2. The summed E-state index contributed by atoms with van der Waals surface area (Å²) in [5.74, 6) is 0.833. The second kappa shape index (κ2) is 7.47. The van der Waals surface area contributed by atoms with Crippen molar-refractivity contribution in [3.63, 3.8) is 0 Å². The Kier molecular flexibility index (Phi) is 4.99. The van der Waals surface area contributed by atoms with Crippen LogP contribution in [0.4, 0.5) is 0 Å². The second-order valence-corrected chi connectivity index (χ2v) is 9.36. The normalized spacial score (nSPS) is 16.9. The predicted molar refractivity (Wildman–Crippen MR) is 108 cm³/mol. The summed E-state index contributed by atoms with van der Waals surface area (Å²) in [7, 11) is -1.38. The standard InChI is InChI=1S/C20H22N4O4S/c1-24-12-22-17-10-16(14-3-5-15(6-4-14)29(2,26)27)23-20(19(17)24)28-8-7-13-9-18(25)21-11-13/h3-6,10,12-13H,7-9,11H2,1-2H3,(H,21,25)/t13-/m1/s1. The van der Waals surface area contributed by atoms with Crippen molar-refractivity contribution in [2.24, 2.45) is 13.0 Å². The molecular weight excluding hydrogens is 392 g/mol. The van der Waals surface area contributed by atoms with Gasteiger partial charge in [0, 0.05) is 31.8 Å². The fourth-order valence-corrected chi connectivity index (χ4v) is 4.08. The minimum Gasteiger partial charge on any atom is -0.476 e. The lowest BCUT2D eigenvalue weighted by molar-refractivity contribution is -0.119. The van der Waals surface area contributed by atoms with E-state index in [0.29, 0.717) is 31.1 Å². The van der Waals surface area contributed by atoms with Gasteiger partial charge in [0.05, 0.1) is 29.0 Å². The van der Waals surface area contributed by atoms with Gasteiger partial charge < -0.3 is 14.6 Å². The molecular formula is C20H22N4O4S. The van der Waals surface area contributed by atoms with Gasteiger partial charge >= 0.3 is 0 Å². The highest BCUT2D eigenvalue weighted by Crippen LogP contribution is 2.29. The molecule has 4 rings (SSSR count). The van der Waals surface area contributed by atoms with E-state index in [1.165, 1.54) is 6.26 Å². The number of carbonyl (C=O) groups is 1. The Morgan fingerprint density at radius 3 is 2.69 bits per heavy atom. The van der Waals surface area contributed by atoms with Crippen molar-refractivity contribution in [3.05, 3.63) is 36.7 Å². The topological polar surface area (TPSA) is 103 Å². The Morgan fingerprint density at radius 2 is 2.03 bits per heavy atom. The number of pyridine rings is 1. The van der Waals surface area contributed by atoms with E-state index in [4.69, 9.17) is 4.74 Å². The van der Waals surface area contributed by atoms with Crippen LogP contribution in [0.2, 0.25) is 0 Å². The molecule has 1 N–H and O–H groups in total. The van der Waals surface area contributed by atoms with E-state index in [9.17, 15) is 13.2 Å². The number of hydrogen-bond donors (Lipinski definition) is 1. The van der Waals surface area contributed by atoms with Crippen LogP contribution >= 0.6 is 0 Å². The summed E-state index contributed by atoms with van der Waals surface area (Å²) < 4.78 is 31.2. The van der Waals surface area contributed by atoms with E-state index in [1.807, 2.05) is 17.7 Å². The number of ether oxygens (including phenoxy) is 1. The first-order chi connectivity index (χ1) is 13.8. The van der Waals surface area contributed by atoms with Crippen molar-refractivity contribution in [2.45, 2.75) is 17.7 Å². The maximum Gasteiger partial charge on any atom is 0.240 e. The summed E-state index contributed by atoms with van der Waals surface area (Å²) in [5.41, 5.74) is 2.98. The maximum atomic E-state index is 11.7. The van der Waals surface area contributed by atoms with Crippen molar-refractivity contribution in [1.82, 2.24) is 19.9 Å². The number of aromatic nitrogens is 3. The third-order valence-corrected chi connectivity index (χ3v) is 6.20. The quantitative estimate of drug-likeness (QED) is 0.661. The van der Waals surface area contributed by atoms with Crippen LogP contribution in [0.25, 0.3) is 22.3 Å². The van der Waals surface area contributed by atoms with Gasteiger partial charge in [-0.05, 0) is 30.5 Å². The average Bonchev–Trinajstić information content (AvgIpc) is 3.27. The van der Waals surface area contributed by atoms with Crippen LogP contribution in [-0.2, 0) is 21.7 Å². The lowest BCUT2D eigenvalue weighted by atomic mass is 10.1. The molecule has 0 unspecified atom stereocenters. The molecule has 0 radical (unpaired) electrons. The van der Waals surface area contributed by atoms with Crippen molar-refractivity contribution in [2.75, 3.05) is 19.4 Å². The van der Waals surface area contributed by atoms with Gasteiger partial charge in [-0.2, -0.15) is 0 Å². The molecule has 152 valence electrons. The lowest BCUT2D eigenvalue weighted by Crippen LogP contribution is -2.14. The summed E-state index contributed by atoms with van der Waals surface area (Å²) >= 11 is 0. The maximum absolute atomic E-state index is 11.7. The number of nitrogens with zero attached hydrogens (tertiary/aromatic N) is 3. The number of imidazole rings is 1. The summed E-state index contributed by atoms with van der Waals surface area (Å²) in [6.07, 6.45) is 4.17. The Labute approximate surface area is 168 Å². The zero-order chi connectivity index (χ0) is 20.6. The molecule has 0 saturated carbocycles. The Morgan fingerprint density at radius 1 is 1.28 bits per heavy atom. The molecule has 0 spiro atoms. The van der Waals surface area contributed by atoms with Crippen molar-refractivity contribution in [3.8, 4) is 17.1 Å². The number of hydrogen-bond acceptors (Lipinski definition) is 6. The molecule has 1 saturated heterocycles. The average molecular weight is 414 g/mol. The second-order valence-electron chi connectivity index (χ2n) is 7.34. The van der Waals surface area contributed by atoms with Crippen LogP contribution in [0.5, 0.6) is 5.88 Å². The minimum atomic E-state index is -3.26. The lowest BCUT2D eigenvalue weighted by Gasteiger charge is -2.12. The van der Waals surface area contributed by atoms with Crippen molar-refractivity contribution in [1.29, 1.82) is 0 Å². The van der Waals surface area contributed by atoms with Crippen LogP contribution in [0.15, 0.2) is 41.6 Å². The molecule has 1 aromatic carbocycles. The van der Waals surface area contributed by atoms with Gasteiger partial charge in [-0.1, -0.05) is 12.1 Å². The summed E-state index contributed by atoms with van der Waals surface area (Å²) in [6, 6.07) is 8.45. The number of amides is 1. The number of sulfone groups is 1. The molecule has 0 bridgehead atoms. The molecule has 1 amide bonds. The molecule has 1 aliphatic heterocycles. The van der Waals surface area contributed by atoms with E-state index in [2.05, 4.69) is 15.3 Å². The van der Waals surface area contributed by atoms with E-state index in [1.54, 1.807) is 30.6 Å². The van der Waals surface area contributed by atoms with Gasteiger partial charge in [0.25, 0.3) is 0 Å². The summed E-state index contributed by atoms with van der Waals surface area (Å²) in [5, 5.41) is 2.83. The van der Waals surface area contributed by atoms with Gasteiger partial charge in [0.2, 0.25) is 11.8 Å². The van der Waals surface area contributed by atoms with Gasteiger partial charge in [-0.15, -0.1) is 0 Å². The molecule has 8 nitrogen and oxygen atoms in total. The first kappa shape index (κ1) is 19.4. The molecule has 1 aliphatic rings. The first-order valence-electron chi connectivity index (χ1n) is 9.33. The fraction of sp³-hybridized carbons (Fsp3) is 0.350. The number of fused-ring (bicyclic) bond motifs is 1. The van der Waals surface area contributed by atoms with Crippen LogP contribution in [0, 0.1) is 5.92 Å². The van der Waals surface area contributed by atoms with Crippen LogP contribution in [0.1, 0.15) is 12.8 Å². The van der Waals surface area contributed by atoms with Crippen molar-refractivity contribution >= 4 is 26.8 Å². The summed E-state index contributed by atoms with van der Waals surface area (Å²) in [6.45, 7) is 1.13. The number of rotatable bonds is 6. The number of benzene rings is 1. The van der Waals surface area contributed by atoms with Crippen LogP contribution in [-0.4, -0.2) is 48.3 Å². The number of nitrogens with one attached hydrogen (secondary N) is 1. The predicted octanol–water partition coefficient (Wildman–Crippen LogP) is 1.94. The first-order valence-corrected chi connectivity index (χ1v) is 11.2. The van der Waals surface area contributed by atoms with E-state index in [-0.39, 0.29) is 16.7 Å². The Hall–Kier alpha value is -2.94. The molecule has 3 aromatic rings.